The first-order chi connectivity index (χ1) is 13.2. The van der Waals surface area contributed by atoms with Crippen LogP contribution >= 0.6 is 23.1 Å². The molecule has 1 N–H and O–H groups in total. The summed E-state index contributed by atoms with van der Waals surface area (Å²) in [6, 6.07) is 20.8. The van der Waals surface area contributed by atoms with Crippen LogP contribution in [0.5, 0.6) is 0 Å². The van der Waals surface area contributed by atoms with Gasteiger partial charge in [-0.05, 0) is 42.7 Å². The lowest BCUT2D eigenvalue weighted by Crippen LogP contribution is -2.11. The molecule has 136 valence electrons. The number of carbonyl (C=O) groups excluding carboxylic acids is 1. The normalized spacial score (nSPS) is 11.1. The Kier molecular flexibility index (Phi) is 5.41. The second-order valence-electron chi connectivity index (χ2n) is 6.47. The van der Waals surface area contributed by atoms with Crippen LogP contribution in [0.15, 0.2) is 65.6 Å². The Morgan fingerprint density at radius 1 is 1.07 bits per heavy atom. The van der Waals surface area contributed by atoms with Crippen LogP contribution in [0.4, 0.5) is 5.13 Å². The maximum Gasteiger partial charge on any atom is 0.226 e. The van der Waals surface area contributed by atoms with Gasteiger partial charge in [-0.25, -0.2) is 4.98 Å². The molecule has 3 nitrogen and oxygen atoms in total. The highest BCUT2D eigenvalue weighted by atomic mass is 32.2. The predicted molar refractivity (Wildman–Crippen MR) is 117 cm³/mol. The van der Waals surface area contributed by atoms with Crippen LogP contribution in [0.2, 0.25) is 0 Å². The van der Waals surface area contributed by atoms with Crippen molar-refractivity contribution in [3.8, 4) is 0 Å². The molecule has 4 aromatic rings. The standard InChI is InChI=1S/C22H20N2OS2/c1-15-8-11-17(12-9-15)26-14-4-7-20(25)24-22-23-19-13-10-16-5-2-3-6-18(16)21(19)27-22/h2-3,5-6,8-13H,4,7,14H2,1H3,(H,23,24,25). The van der Waals surface area contributed by atoms with E-state index in [2.05, 4.69) is 59.7 Å². The summed E-state index contributed by atoms with van der Waals surface area (Å²) >= 11 is 3.33. The molecule has 0 radical (unpaired) electrons. The van der Waals surface area contributed by atoms with Crippen molar-refractivity contribution in [1.82, 2.24) is 4.98 Å². The highest BCUT2D eigenvalue weighted by Gasteiger charge is 2.10. The van der Waals surface area contributed by atoms with E-state index in [-0.39, 0.29) is 5.91 Å². The van der Waals surface area contributed by atoms with Crippen molar-refractivity contribution in [2.24, 2.45) is 0 Å². The molecular formula is C22H20N2OS2. The summed E-state index contributed by atoms with van der Waals surface area (Å²) in [5, 5.41) is 6.02. The van der Waals surface area contributed by atoms with Crippen LogP contribution < -0.4 is 5.32 Å². The maximum atomic E-state index is 12.3. The van der Waals surface area contributed by atoms with Gasteiger partial charge in [0.15, 0.2) is 5.13 Å². The number of nitrogens with one attached hydrogen (secondary N) is 1. The summed E-state index contributed by atoms with van der Waals surface area (Å²) < 4.78 is 1.12. The van der Waals surface area contributed by atoms with E-state index in [1.807, 2.05) is 18.2 Å². The SMILES string of the molecule is Cc1ccc(SCCCC(=O)Nc2nc3ccc4ccccc4c3s2)cc1. The summed E-state index contributed by atoms with van der Waals surface area (Å²) in [5.74, 6) is 0.962. The third kappa shape index (κ3) is 4.31. The van der Waals surface area contributed by atoms with E-state index in [1.165, 1.54) is 21.2 Å². The zero-order valence-electron chi connectivity index (χ0n) is 15.1. The Labute approximate surface area is 166 Å². The number of carbonyl (C=O) groups is 1. The molecule has 0 bridgehead atoms. The fourth-order valence-electron chi connectivity index (χ4n) is 2.95. The number of amides is 1. The van der Waals surface area contributed by atoms with Crippen molar-refractivity contribution >= 4 is 55.1 Å². The highest BCUT2D eigenvalue weighted by molar-refractivity contribution is 7.99. The van der Waals surface area contributed by atoms with Crippen LogP contribution in [-0.2, 0) is 4.79 Å². The number of fused-ring (bicyclic) bond motifs is 3. The minimum absolute atomic E-state index is 0.0304. The lowest BCUT2D eigenvalue weighted by atomic mass is 10.1. The van der Waals surface area contributed by atoms with E-state index in [1.54, 1.807) is 23.1 Å². The first kappa shape index (κ1) is 18.0. The number of anilines is 1. The number of hydrogen-bond donors (Lipinski definition) is 1. The lowest BCUT2D eigenvalue weighted by Gasteiger charge is -2.03. The Bertz CT molecular complexity index is 1090. The van der Waals surface area contributed by atoms with Crippen LogP contribution in [0.3, 0.4) is 0 Å². The summed E-state index contributed by atoms with van der Waals surface area (Å²) in [6.45, 7) is 2.09. The first-order valence-corrected chi connectivity index (χ1v) is 10.8. The third-order valence-corrected chi connectivity index (χ3v) is 6.48. The Morgan fingerprint density at radius 3 is 2.74 bits per heavy atom. The average Bonchev–Trinajstić information content (AvgIpc) is 3.09. The number of rotatable bonds is 6. The van der Waals surface area contributed by atoms with Crippen molar-refractivity contribution in [3.05, 3.63) is 66.2 Å². The molecule has 0 aliphatic heterocycles. The summed E-state index contributed by atoms with van der Waals surface area (Å²) in [7, 11) is 0. The molecule has 0 saturated heterocycles. The van der Waals surface area contributed by atoms with E-state index in [4.69, 9.17) is 0 Å². The van der Waals surface area contributed by atoms with E-state index < -0.39 is 0 Å². The van der Waals surface area contributed by atoms with Crippen LogP contribution in [0.1, 0.15) is 18.4 Å². The second-order valence-corrected chi connectivity index (χ2v) is 8.63. The van der Waals surface area contributed by atoms with Gasteiger partial charge >= 0.3 is 0 Å². The summed E-state index contributed by atoms with van der Waals surface area (Å²) in [4.78, 5) is 18.1. The van der Waals surface area contributed by atoms with Gasteiger partial charge in [-0.15, -0.1) is 11.8 Å². The average molecular weight is 393 g/mol. The smallest absolute Gasteiger partial charge is 0.226 e. The molecule has 0 unspecified atom stereocenters. The first-order valence-electron chi connectivity index (χ1n) is 8.97. The van der Waals surface area contributed by atoms with E-state index in [0.29, 0.717) is 11.6 Å². The molecule has 3 aromatic carbocycles. The van der Waals surface area contributed by atoms with Crippen molar-refractivity contribution in [3.63, 3.8) is 0 Å². The van der Waals surface area contributed by atoms with E-state index in [9.17, 15) is 4.79 Å². The largest absolute Gasteiger partial charge is 0.302 e. The third-order valence-electron chi connectivity index (χ3n) is 4.36. The minimum atomic E-state index is 0.0304. The molecule has 1 amide bonds. The number of thiazole rings is 1. The molecule has 0 aliphatic rings. The molecule has 1 aromatic heterocycles. The van der Waals surface area contributed by atoms with Crippen LogP contribution in [0.25, 0.3) is 21.0 Å². The second kappa shape index (κ2) is 8.11. The Hall–Kier alpha value is -2.37. The van der Waals surface area contributed by atoms with Crippen molar-refractivity contribution < 1.29 is 4.79 Å². The van der Waals surface area contributed by atoms with Gasteiger partial charge in [0, 0.05) is 16.7 Å². The number of benzene rings is 3. The molecule has 27 heavy (non-hydrogen) atoms. The van der Waals surface area contributed by atoms with Crippen LogP contribution in [-0.4, -0.2) is 16.6 Å². The molecule has 4 rings (SSSR count). The molecule has 0 saturated carbocycles. The molecule has 5 heteroatoms. The van der Waals surface area contributed by atoms with Gasteiger partial charge in [0.1, 0.15) is 0 Å². The number of hydrogen-bond acceptors (Lipinski definition) is 4. The van der Waals surface area contributed by atoms with Crippen molar-refractivity contribution in [2.75, 3.05) is 11.1 Å². The molecule has 0 atom stereocenters. The van der Waals surface area contributed by atoms with Crippen LogP contribution in [0, 0.1) is 6.92 Å². The molecule has 0 spiro atoms. The van der Waals surface area contributed by atoms with E-state index >= 15 is 0 Å². The maximum absolute atomic E-state index is 12.3. The monoisotopic (exact) mass is 392 g/mol. The highest BCUT2D eigenvalue weighted by Crippen LogP contribution is 2.32. The summed E-state index contributed by atoms with van der Waals surface area (Å²) in [5.41, 5.74) is 2.20. The van der Waals surface area contributed by atoms with Crippen molar-refractivity contribution in [2.45, 2.75) is 24.7 Å². The zero-order chi connectivity index (χ0) is 18.6. The zero-order valence-corrected chi connectivity index (χ0v) is 16.7. The fourth-order valence-corrected chi connectivity index (χ4v) is 4.82. The van der Waals surface area contributed by atoms with Crippen molar-refractivity contribution in [1.29, 1.82) is 0 Å². The number of nitrogens with zero attached hydrogens (tertiary/aromatic N) is 1. The van der Waals surface area contributed by atoms with Gasteiger partial charge in [-0.3, -0.25) is 4.79 Å². The molecule has 1 heterocycles. The van der Waals surface area contributed by atoms with Gasteiger partial charge in [0.25, 0.3) is 0 Å². The Morgan fingerprint density at radius 2 is 1.89 bits per heavy atom. The molecule has 0 fully saturated rings. The van der Waals surface area contributed by atoms with Gasteiger partial charge < -0.3 is 5.32 Å². The number of aryl methyl sites for hydroxylation is 1. The predicted octanol–water partition coefficient (Wildman–Crippen LogP) is 6.27. The Balaban J connectivity index is 1.34. The fraction of sp³-hybridized carbons (Fsp3) is 0.182. The number of thioether (sulfide) groups is 1. The number of aromatic nitrogens is 1. The molecule has 0 aliphatic carbocycles. The van der Waals surface area contributed by atoms with E-state index in [0.717, 1.165) is 22.4 Å². The molecular weight excluding hydrogens is 372 g/mol. The van der Waals surface area contributed by atoms with Gasteiger partial charge in [-0.2, -0.15) is 0 Å². The minimum Gasteiger partial charge on any atom is -0.302 e. The van der Waals surface area contributed by atoms with Gasteiger partial charge in [0.2, 0.25) is 5.91 Å². The topological polar surface area (TPSA) is 42.0 Å². The van der Waals surface area contributed by atoms with Gasteiger partial charge in [-0.1, -0.05) is 59.4 Å². The summed E-state index contributed by atoms with van der Waals surface area (Å²) in [6.07, 6.45) is 1.35. The van der Waals surface area contributed by atoms with Gasteiger partial charge in [0.05, 0.1) is 10.2 Å². The quantitative estimate of drug-likeness (QED) is 0.311. The lowest BCUT2D eigenvalue weighted by molar-refractivity contribution is -0.116.